The molecule has 0 aliphatic rings. The summed E-state index contributed by atoms with van der Waals surface area (Å²) in [7, 11) is 3.34. The number of carbonyl (C=O) groups excluding carboxylic acids is 2. The molecule has 13 heteroatoms. The van der Waals surface area contributed by atoms with Crippen molar-refractivity contribution in [2.75, 3.05) is 45.7 Å². The summed E-state index contributed by atoms with van der Waals surface area (Å²) >= 11 is 0. The molecular formula is C36H47F2N7O4. The number of imidazole rings is 1. The Kier molecular flexibility index (Phi) is 12.9. The third-order valence-electron chi connectivity index (χ3n) is 7.85. The first-order valence-corrected chi connectivity index (χ1v) is 16.6. The number of benzene rings is 2. The first kappa shape index (κ1) is 37.0. The van der Waals surface area contributed by atoms with Crippen LogP contribution in [0.4, 0.5) is 25.1 Å². The standard InChI is InChI=1S/C36H47F2N7O4/c1-7-24-22-25(43-32-33-42-23-28(45(33)21-18-39-32)27-14-15-29(48-6)31(38)30(27)37)12-13-26(24)34(46)40-16-9-8-10-19-44(5)20-11-17-41-35(47)49-36(2,3)4/h12-15,18,21-23H,7-11,16-17,19-20H2,1-6H3,(H,39,43)(H,40,46)(H,41,47). The van der Waals surface area contributed by atoms with E-state index in [9.17, 15) is 18.4 Å². The fourth-order valence-electron chi connectivity index (χ4n) is 5.36. The molecule has 2 heterocycles. The molecule has 264 valence electrons. The van der Waals surface area contributed by atoms with Crippen molar-refractivity contribution < 1.29 is 27.8 Å². The van der Waals surface area contributed by atoms with Crippen LogP contribution in [0.3, 0.4) is 0 Å². The normalized spacial score (nSPS) is 11.5. The molecule has 4 aromatic rings. The van der Waals surface area contributed by atoms with E-state index in [-0.39, 0.29) is 17.2 Å². The van der Waals surface area contributed by atoms with E-state index >= 15 is 0 Å². The number of aromatic nitrogens is 3. The Morgan fingerprint density at radius 1 is 0.959 bits per heavy atom. The van der Waals surface area contributed by atoms with Gasteiger partial charge in [-0.05, 0) is 102 Å². The van der Waals surface area contributed by atoms with E-state index in [1.165, 1.54) is 25.4 Å². The van der Waals surface area contributed by atoms with Gasteiger partial charge in [-0.3, -0.25) is 9.20 Å². The van der Waals surface area contributed by atoms with Crippen LogP contribution in [-0.4, -0.2) is 77.2 Å². The van der Waals surface area contributed by atoms with Gasteiger partial charge >= 0.3 is 6.09 Å². The van der Waals surface area contributed by atoms with Crippen molar-refractivity contribution in [3.8, 4) is 17.0 Å². The monoisotopic (exact) mass is 679 g/mol. The van der Waals surface area contributed by atoms with Gasteiger partial charge in [-0.1, -0.05) is 13.3 Å². The van der Waals surface area contributed by atoms with Crippen LogP contribution in [0.15, 0.2) is 48.9 Å². The van der Waals surface area contributed by atoms with Crippen molar-refractivity contribution in [2.45, 2.75) is 65.4 Å². The molecule has 11 nitrogen and oxygen atoms in total. The minimum atomic E-state index is -1.07. The topological polar surface area (TPSA) is 122 Å². The summed E-state index contributed by atoms with van der Waals surface area (Å²) in [5.41, 5.74) is 2.52. The van der Waals surface area contributed by atoms with Gasteiger partial charge in [0.25, 0.3) is 5.91 Å². The fourth-order valence-corrected chi connectivity index (χ4v) is 5.36. The van der Waals surface area contributed by atoms with E-state index in [2.05, 4.69) is 37.9 Å². The molecule has 0 aliphatic heterocycles. The molecule has 0 aliphatic carbocycles. The minimum absolute atomic E-state index is 0.0421. The SMILES string of the molecule is CCc1cc(Nc2nccn3c(-c4ccc(OC)c(F)c4F)cnc23)ccc1C(=O)NCCCCCN(C)CCCNC(=O)OC(C)(C)C. The summed E-state index contributed by atoms with van der Waals surface area (Å²) in [5, 5.41) is 9.08. The Hall–Kier alpha value is -4.78. The smallest absolute Gasteiger partial charge is 0.407 e. The number of nitrogens with zero attached hydrogens (tertiary/aromatic N) is 4. The zero-order valence-electron chi connectivity index (χ0n) is 29.2. The van der Waals surface area contributed by atoms with E-state index in [4.69, 9.17) is 9.47 Å². The summed E-state index contributed by atoms with van der Waals surface area (Å²) in [4.78, 5) is 35.9. The summed E-state index contributed by atoms with van der Waals surface area (Å²) in [6.07, 6.45) is 8.59. The number of hydrogen-bond donors (Lipinski definition) is 3. The number of hydrogen-bond acceptors (Lipinski definition) is 8. The van der Waals surface area contributed by atoms with Gasteiger partial charge in [-0.25, -0.2) is 19.2 Å². The zero-order chi connectivity index (χ0) is 35.6. The predicted octanol–water partition coefficient (Wildman–Crippen LogP) is 6.74. The van der Waals surface area contributed by atoms with E-state index < -0.39 is 23.3 Å². The molecule has 0 saturated heterocycles. The number of unbranched alkanes of at least 4 members (excludes halogenated alkanes) is 2. The second-order valence-corrected chi connectivity index (χ2v) is 12.8. The number of carbonyl (C=O) groups is 2. The largest absolute Gasteiger partial charge is 0.494 e. The van der Waals surface area contributed by atoms with Gasteiger partial charge in [0.15, 0.2) is 23.0 Å². The number of nitrogens with one attached hydrogen (secondary N) is 3. The van der Waals surface area contributed by atoms with Crippen LogP contribution < -0.4 is 20.7 Å². The van der Waals surface area contributed by atoms with Crippen LogP contribution in [0.2, 0.25) is 0 Å². The fraction of sp³-hybridized carbons (Fsp3) is 0.444. The molecule has 0 radical (unpaired) electrons. The maximum Gasteiger partial charge on any atom is 0.407 e. The summed E-state index contributed by atoms with van der Waals surface area (Å²) in [6, 6.07) is 8.32. The molecule has 2 amide bonds. The molecule has 0 saturated carbocycles. The molecule has 0 fully saturated rings. The summed E-state index contributed by atoms with van der Waals surface area (Å²) in [6.45, 7) is 10.5. The van der Waals surface area contributed by atoms with Crippen LogP contribution in [-0.2, 0) is 11.2 Å². The Bertz CT molecular complexity index is 1740. The lowest BCUT2D eigenvalue weighted by Crippen LogP contribution is -2.34. The number of amides is 2. The van der Waals surface area contributed by atoms with E-state index in [0.29, 0.717) is 47.9 Å². The second-order valence-electron chi connectivity index (χ2n) is 12.8. The number of alkyl carbamates (subject to hydrolysis) is 1. The first-order valence-electron chi connectivity index (χ1n) is 16.6. The Morgan fingerprint density at radius 3 is 2.45 bits per heavy atom. The highest BCUT2D eigenvalue weighted by Gasteiger charge is 2.20. The summed E-state index contributed by atoms with van der Waals surface area (Å²) < 4.78 is 41.0. The van der Waals surface area contributed by atoms with E-state index in [1.807, 2.05) is 33.8 Å². The lowest BCUT2D eigenvalue weighted by atomic mass is 10.0. The lowest BCUT2D eigenvalue weighted by Gasteiger charge is -2.20. The molecular weight excluding hydrogens is 632 g/mol. The Labute approximate surface area is 286 Å². The quantitative estimate of drug-likeness (QED) is 0.111. The number of aryl methyl sites for hydroxylation is 1. The van der Waals surface area contributed by atoms with Crippen molar-refractivity contribution in [3.05, 3.63) is 71.7 Å². The highest BCUT2D eigenvalue weighted by molar-refractivity contribution is 5.96. The molecule has 4 rings (SSSR count). The highest BCUT2D eigenvalue weighted by Crippen LogP contribution is 2.31. The van der Waals surface area contributed by atoms with Crippen LogP contribution in [0.1, 0.15) is 69.3 Å². The molecule has 2 aromatic carbocycles. The van der Waals surface area contributed by atoms with Crippen LogP contribution >= 0.6 is 0 Å². The van der Waals surface area contributed by atoms with E-state index in [0.717, 1.165) is 44.3 Å². The number of anilines is 2. The van der Waals surface area contributed by atoms with Gasteiger partial charge in [0.2, 0.25) is 5.82 Å². The van der Waals surface area contributed by atoms with Crippen LogP contribution in [0.5, 0.6) is 5.75 Å². The van der Waals surface area contributed by atoms with Gasteiger partial charge < -0.3 is 30.3 Å². The van der Waals surface area contributed by atoms with Crippen molar-refractivity contribution in [1.29, 1.82) is 0 Å². The van der Waals surface area contributed by atoms with Crippen molar-refractivity contribution >= 4 is 29.2 Å². The molecule has 2 aromatic heterocycles. The summed E-state index contributed by atoms with van der Waals surface area (Å²) in [5.74, 6) is -1.97. The number of ether oxygens (including phenoxy) is 2. The number of fused-ring (bicyclic) bond motifs is 1. The van der Waals surface area contributed by atoms with Gasteiger partial charge in [0.05, 0.1) is 19.0 Å². The molecule has 3 N–H and O–H groups in total. The third kappa shape index (κ3) is 10.1. The number of halogens is 2. The van der Waals surface area contributed by atoms with Crippen molar-refractivity contribution in [1.82, 2.24) is 29.9 Å². The molecule has 0 unspecified atom stereocenters. The molecule has 0 bridgehead atoms. The van der Waals surface area contributed by atoms with Crippen LogP contribution in [0.25, 0.3) is 16.9 Å². The minimum Gasteiger partial charge on any atom is -0.494 e. The van der Waals surface area contributed by atoms with Crippen molar-refractivity contribution in [3.63, 3.8) is 0 Å². The van der Waals surface area contributed by atoms with E-state index in [1.54, 1.807) is 28.9 Å². The van der Waals surface area contributed by atoms with Gasteiger partial charge in [-0.2, -0.15) is 4.39 Å². The maximum absolute atomic E-state index is 14.9. The Morgan fingerprint density at radius 2 is 1.71 bits per heavy atom. The maximum atomic E-state index is 14.9. The average molecular weight is 680 g/mol. The van der Waals surface area contributed by atoms with Gasteiger partial charge in [-0.15, -0.1) is 0 Å². The molecule has 0 spiro atoms. The molecule has 49 heavy (non-hydrogen) atoms. The molecule has 0 atom stereocenters. The van der Waals surface area contributed by atoms with Crippen LogP contribution in [0, 0.1) is 11.6 Å². The Balaban J connectivity index is 1.25. The van der Waals surface area contributed by atoms with Crippen molar-refractivity contribution in [2.24, 2.45) is 0 Å². The zero-order valence-corrected chi connectivity index (χ0v) is 29.2. The highest BCUT2D eigenvalue weighted by atomic mass is 19.2. The van der Waals surface area contributed by atoms with Gasteiger partial charge in [0.1, 0.15) is 5.60 Å². The first-order chi connectivity index (χ1) is 23.4. The lowest BCUT2D eigenvalue weighted by molar-refractivity contribution is 0.0525. The van der Waals surface area contributed by atoms with Gasteiger partial charge in [0, 0.05) is 42.3 Å². The third-order valence-corrected chi connectivity index (χ3v) is 7.85. The second kappa shape index (κ2) is 17.0. The predicted molar refractivity (Wildman–Crippen MR) is 187 cm³/mol. The number of rotatable bonds is 16. The number of methoxy groups -OCH3 is 1. The average Bonchev–Trinajstić information content (AvgIpc) is 3.50.